The normalized spacial score (nSPS) is 17.2. The lowest BCUT2D eigenvalue weighted by atomic mass is 10.2. The fourth-order valence-corrected chi connectivity index (χ4v) is 6.34. The molecule has 1 amide bonds. The summed E-state index contributed by atoms with van der Waals surface area (Å²) < 4.78 is 40.7. The molecular weight excluding hydrogens is 498 g/mol. The zero-order valence-corrected chi connectivity index (χ0v) is 21.3. The Hall–Kier alpha value is -2.08. The van der Waals surface area contributed by atoms with E-state index in [1.165, 1.54) is 47.0 Å². The van der Waals surface area contributed by atoms with Crippen molar-refractivity contribution in [3.05, 3.63) is 57.9 Å². The van der Waals surface area contributed by atoms with Crippen LogP contribution in [-0.4, -0.2) is 63.2 Å². The lowest BCUT2D eigenvalue weighted by Crippen LogP contribution is -2.34. The number of likely N-dealkylation sites (N-methyl/N-ethyl adjacent to an activating group) is 1. The van der Waals surface area contributed by atoms with Gasteiger partial charge in [0.1, 0.15) is 0 Å². The Labute approximate surface area is 207 Å². The second-order valence-corrected chi connectivity index (χ2v) is 11.5. The predicted molar refractivity (Wildman–Crippen MR) is 132 cm³/mol. The van der Waals surface area contributed by atoms with Crippen LogP contribution in [0, 0.1) is 0 Å². The van der Waals surface area contributed by atoms with Gasteiger partial charge in [-0.1, -0.05) is 22.9 Å². The number of thiazole rings is 1. The molecule has 8 nitrogen and oxygen atoms in total. The van der Waals surface area contributed by atoms with Crippen LogP contribution in [0.25, 0.3) is 10.2 Å². The number of rotatable bonds is 8. The highest BCUT2D eigenvalue weighted by molar-refractivity contribution is 7.89. The van der Waals surface area contributed by atoms with Crippen molar-refractivity contribution in [2.45, 2.75) is 30.4 Å². The number of methoxy groups -OCH3 is 1. The summed E-state index contributed by atoms with van der Waals surface area (Å²) >= 11 is 7.48. The second kappa shape index (κ2) is 10.7. The highest BCUT2D eigenvalue weighted by Crippen LogP contribution is 2.23. The molecule has 3 aromatic rings. The highest BCUT2D eigenvalue weighted by atomic mass is 35.5. The van der Waals surface area contributed by atoms with Gasteiger partial charge in [-0.3, -0.25) is 4.79 Å². The SMILES string of the molecule is COCCn1c(=NC(=O)c2ccc(S(=O)(=O)N(C)CC3CCCO3)cc2)sc2cc(Cl)ccc21. The van der Waals surface area contributed by atoms with E-state index in [0.29, 0.717) is 41.7 Å². The molecule has 0 N–H and O–H groups in total. The first-order valence-corrected chi connectivity index (χ1v) is 13.5. The first-order valence-electron chi connectivity index (χ1n) is 10.8. The number of carbonyl (C=O) groups excluding carboxylic acids is 1. The minimum absolute atomic E-state index is 0.0829. The van der Waals surface area contributed by atoms with Crippen LogP contribution in [0.4, 0.5) is 0 Å². The quantitative estimate of drug-likeness (QED) is 0.450. The van der Waals surface area contributed by atoms with Gasteiger partial charge >= 0.3 is 0 Å². The molecule has 1 atom stereocenters. The van der Waals surface area contributed by atoms with Gasteiger partial charge < -0.3 is 14.0 Å². The Balaban J connectivity index is 1.58. The van der Waals surface area contributed by atoms with Crippen LogP contribution in [-0.2, 0) is 26.0 Å². The third kappa shape index (κ3) is 5.42. The number of hydrogen-bond acceptors (Lipinski definition) is 6. The van der Waals surface area contributed by atoms with E-state index in [0.717, 1.165) is 23.1 Å². The molecule has 2 heterocycles. The van der Waals surface area contributed by atoms with Crippen molar-refractivity contribution in [3.8, 4) is 0 Å². The Kier molecular flexibility index (Phi) is 7.86. The summed E-state index contributed by atoms with van der Waals surface area (Å²) in [6, 6.07) is 11.4. The Morgan fingerprint density at radius 1 is 1.29 bits per heavy atom. The van der Waals surface area contributed by atoms with Gasteiger partial charge in [0.25, 0.3) is 5.91 Å². The number of halogens is 1. The van der Waals surface area contributed by atoms with Crippen molar-refractivity contribution in [1.29, 1.82) is 0 Å². The van der Waals surface area contributed by atoms with Gasteiger partial charge in [0.2, 0.25) is 10.0 Å². The van der Waals surface area contributed by atoms with E-state index in [9.17, 15) is 13.2 Å². The van der Waals surface area contributed by atoms with Gasteiger partial charge in [-0.05, 0) is 55.3 Å². The van der Waals surface area contributed by atoms with Gasteiger partial charge in [-0.15, -0.1) is 0 Å². The summed E-state index contributed by atoms with van der Waals surface area (Å²) in [7, 11) is -0.531. The number of sulfonamides is 1. The molecule has 1 unspecified atom stereocenters. The standard InChI is InChI=1S/C23H26ClN3O5S2/c1-26(15-18-4-3-12-32-18)34(29,30)19-8-5-16(6-9-19)22(28)25-23-27(11-13-31-2)20-10-7-17(24)14-21(20)33-23/h5-10,14,18H,3-4,11-13,15H2,1-2H3. The average Bonchev–Trinajstić information content (AvgIpc) is 3.44. The number of hydrogen-bond donors (Lipinski definition) is 0. The maximum Gasteiger partial charge on any atom is 0.279 e. The molecule has 0 radical (unpaired) electrons. The Morgan fingerprint density at radius 3 is 2.74 bits per heavy atom. The molecule has 4 rings (SSSR count). The van der Waals surface area contributed by atoms with Crippen LogP contribution in [0.5, 0.6) is 0 Å². The van der Waals surface area contributed by atoms with Gasteiger partial charge in [0, 0.05) is 44.4 Å². The van der Waals surface area contributed by atoms with E-state index in [1.54, 1.807) is 13.2 Å². The van der Waals surface area contributed by atoms with E-state index in [-0.39, 0.29) is 11.0 Å². The van der Waals surface area contributed by atoms with Crippen LogP contribution in [0.15, 0.2) is 52.4 Å². The third-order valence-corrected chi connectivity index (χ3v) is 8.77. The van der Waals surface area contributed by atoms with Gasteiger partial charge in [0.05, 0.1) is 27.8 Å². The van der Waals surface area contributed by atoms with Gasteiger partial charge in [0.15, 0.2) is 4.80 Å². The van der Waals surface area contributed by atoms with E-state index in [4.69, 9.17) is 21.1 Å². The lowest BCUT2D eigenvalue weighted by Gasteiger charge is -2.20. The Bertz CT molecular complexity index is 1340. The lowest BCUT2D eigenvalue weighted by molar-refractivity contribution is 0.0979. The number of carbonyl (C=O) groups is 1. The second-order valence-electron chi connectivity index (χ2n) is 8.00. The predicted octanol–water partition coefficient (Wildman–Crippen LogP) is 3.54. The largest absolute Gasteiger partial charge is 0.383 e. The van der Waals surface area contributed by atoms with E-state index in [2.05, 4.69) is 4.99 Å². The molecule has 0 spiro atoms. The summed E-state index contributed by atoms with van der Waals surface area (Å²) in [5.41, 5.74) is 1.21. The minimum atomic E-state index is -3.68. The fourth-order valence-electron chi connectivity index (χ4n) is 3.81. The van der Waals surface area contributed by atoms with Crippen LogP contribution in [0.3, 0.4) is 0 Å². The number of nitrogens with zero attached hydrogens (tertiary/aromatic N) is 3. The molecule has 1 fully saturated rings. The first kappa shape index (κ1) is 25.0. The molecule has 1 aromatic heterocycles. The van der Waals surface area contributed by atoms with Crippen molar-refractivity contribution in [2.24, 2.45) is 4.99 Å². The fraction of sp³-hybridized carbons (Fsp3) is 0.391. The summed E-state index contributed by atoms with van der Waals surface area (Å²) in [6.45, 7) is 1.95. The molecule has 0 saturated carbocycles. The minimum Gasteiger partial charge on any atom is -0.383 e. The van der Waals surface area contributed by atoms with Crippen LogP contribution < -0.4 is 4.80 Å². The molecule has 182 valence electrons. The zero-order chi connectivity index (χ0) is 24.3. The summed E-state index contributed by atoms with van der Waals surface area (Å²) in [5, 5.41) is 0.603. The third-order valence-electron chi connectivity index (χ3n) is 5.66. The smallest absolute Gasteiger partial charge is 0.279 e. The summed E-state index contributed by atoms with van der Waals surface area (Å²) in [6.07, 6.45) is 1.71. The molecule has 11 heteroatoms. The van der Waals surface area contributed by atoms with E-state index in [1.807, 2.05) is 16.7 Å². The average molecular weight is 524 g/mol. The molecule has 34 heavy (non-hydrogen) atoms. The molecular formula is C23H26ClN3O5S2. The van der Waals surface area contributed by atoms with E-state index >= 15 is 0 Å². The maximum atomic E-state index is 12.9. The van der Waals surface area contributed by atoms with Crippen molar-refractivity contribution in [1.82, 2.24) is 8.87 Å². The van der Waals surface area contributed by atoms with E-state index < -0.39 is 15.9 Å². The van der Waals surface area contributed by atoms with Crippen molar-refractivity contribution < 1.29 is 22.7 Å². The summed E-state index contributed by atoms with van der Waals surface area (Å²) in [4.78, 5) is 17.9. The van der Waals surface area contributed by atoms with Crippen LogP contribution >= 0.6 is 22.9 Å². The molecule has 1 saturated heterocycles. The number of aromatic nitrogens is 1. The topological polar surface area (TPSA) is 90.2 Å². The zero-order valence-electron chi connectivity index (χ0n) is 18.9. The van der Waals surface area contributed by atoms with Gasteiger partial charge in [-0.25, -0.2) is 8.42 Å². The molecule has 1 aliphatic rings. The molecule has 0 bridgehead atoms. The molecule has 2 aromatic carbocycles. The first-order chi connectivity index (χ1) is 16.3. The highest BCUT2D eigenvalue weighted by Gasteiger charge is 2.26. The molecule has 1 aliphatic heterocycles. The number of benzene rings is 2. The maximum absolute atomic E-state index is 12.9. The number of ether oxygens (including phenoxy) is 2. The van der Waals surface area contributed by atoms with Crippen molar-refractivity contribution >= 4 is 49.1 Å². The van der Waals surface area contributed by atoms with Crippen LogP contribution in [0.1, 0.15) is 23.2 Å². The monoisotopic (exact) mass is 523 g/mol. The van der Waals surface area contributed by atoms with Crippen molar-refractivity contribution in [2.75, 3.05) is 33.9 Å². The number of fused-ring (bicyclic) bond motifs is 1. The Morgan fingerprint density at radius 2 is 2.06 bits per heavy atom. The van der Waals surface area contributed by atoms with Gasteiger partial charge in [-0.2, -0.15) is 9.30 Å². The molecule has 0 aliphatic carbocycles. The van der Waals surface area contributed by atoms with Crippen molar-refractivity contribution in [3.63, 3.8) is 0 Å². The number of amides is 1. The summed E-state index contributed by atoms with van der Waals surface area (Å²) in [5.74, 6) is -0.458. The van der Waals surface area contributed by atoms with Crippen LogP contribution in [0.2, 0.25) is 5.02 Å².